The van der Waals surface area contributed by atoms with E-state index in [1.54, 1.807) is 0 Å². The lowest BCUT2D eigenvalue weighted by Crippen LogP contribution is -1.93. The summed E-state index contributed by atoms with van der Waals surface area (Å²) in [5, 5.41) is 0. The molecule has 2 N–H and O–H groups in total. The van der Waals surface area contributed by atoms with E-state index in [4.69, 9.17) is 10.2 Å². The van der Waals surface area contributed by atoms with Crippen molar-refractivity contribution in [2.75, 3.05) is 5.73 Å². The molecule has 0 saturated carbocycles. The lowest BCUT2D eigenvalue weighted by molar-refractivity contribution is 0.513. The second kappa shape index (κ2) is 3.61. The molecule has 0 aromatic carbocycles. The summed E-state index contributed by atoms with van der Waals surface area (Å²) < 4.78 is 5.28. The largest absolute Gasteiger partial charge is 0.429 e. The maximum atomic E-state index is 5.47. The molecule has 0 aliphatic rings. The van der Waals surface area contributed by atoms with Gasteiger partial charge in [0.1, 0.15) is 5.76 Å². The van der Waals surface area contributed by atoms with Crippen LogP contribution in [0.25, 0.3) is 0 Å². The summed E-state index contributed by atoms with van der Waals surface area (Å²) >= 11 is 0. The maximum absolute atomic E-state index is 5.47. The molecule has 0 aliphatic carbocycles. The third-order valence-corrected chi connectivity index (χ3v) is 1.77. The Hall–Kier alpha value is -0.990. The SMILES string of the molecule is CCCc1oc(N)nc1C(C)C. The molecule has 1 heterocycles. The topological polar surface area (TPSA) is 52.0 Å². The van der Waals surface area contributed by atoms with Crippen LogP contribution < -0.4 is 5.73 Å². The molecule has 0 atom stereocenters. The van der Waals surface area contributed by atoms with E-state index < -0.39 is 0 Å². The van der Waals surface area contributed by atoms with Crippen molar-refractivity contribution in [3.8, 4) is 0 Å². The van der Waals surface area contributed by atoms with Gasteiger partial charge in [0.25, 0.3) is 6.01 Å². The van der Waals surface area contributed by atoms with Gasteiger partial charge in [0.15, 0.2) is 0 Å². The van der Waals surface area contributed by atoms with Gasteiger partial charge in [-0.15, -0.1) is 0 Å². The Kier molecular flexibility index (Phi) is 2.74. The smallest absolute Gasteiger partial charge is 0.292 e. The van der Waals surface area contributed by atoms with Gasteiger partial charge < -0.3 is 10.2 Å². The van der Waals surface area contributed by atoms with Gasteiger partial charge in [-0.05, 0) is 12.3 Å². The number of anilines is 1. The van der Waals surface area contributed by atoms with Gasteiger partial charge >= 0.3 is 0 Å². The van der Waals surface area contributed by atoms with E-state index in [9.17, 15) is 0 Å². The number of nitrogens with two attached hydrogens (primary N) is 1. The second-order valence-corrected chi connectivity index (χ2v) is 3.27. The summed E-state index contributed by atoms with van der Waals surface area (Å²) in [7, 11) is 0. The third kappa shape index (κ3) is 1.78. The Morgan fingerprint density at radius 2 is 2.17 bits per heavy atom. The molecule has 1 rings (SSSR count). The van der Waals surface area contributed by atoms with Crippen molar-refractivity contribution >= 4 is 6.01 Å². The molecule has 12 heavy (non-hydrogen) atoms. The number of hydrogen-bond acceptors (Lipinski definition) is 3. The van der Waals surface area contributed by atoms with Crippen molar-refractivity contribution < 1.29 is 4.42 Å². The van der Waals surface area contributed by atoms with Gasteiger partial charge in [-0.3, -0.25) is 0 Å². The number of aromatic nitrogens is 1. The highest BCUT2D eigenvalue weighted by Crippen LogP contribution is 2.21. The molecule has 3 heteroatoms. The zero-order chi connectivity index (χ0) is 9.14. The van der Waals surface area contributed by atoms with Crippen LogP contribution in [0, 0.1) is 0 Å². The van der Waals surface area contributed by atoms with E-state index in [0.717, 1.165) is 24.3 Å². The molecule has 68 valence electrons. The first kappa shape index (κ1) is 9.10. The first-order valence-electron chi connectivity index (χ1n) is 4.40. The van der Waals surface area contributed by atoms with Crippen molar-refractivity contribution in [1.29, 1.82) is 0 Å². The minimum Gasteiger partial charge on any atom is -0.429 e. The fourth-order valence-electron chi connectivity index (χ4n) is 1.24. The fraction of sp³-hybridized carbons (Fsp3) is 0.667. The average Bonchev–Trinajstić information content (AvgIpc) is 2.32. The van der Waals surface area contributed by atoms with Crippen LogP contribution in [0.5, 0.6) is 0 Å². The minimum absolute atomic E-state index is 0.294. The minimum atomic E-state index is 0.294. The van der Waals surface area contributed by atoms with Crippen LogP contribution in [0.1, 0.15) is 44.6 Å². The zero-order valence-electron chi connectivity index (χ0n) is 7.92. The molecule has 0 aliphatic heterocycles. The molecule has 1 aromatic rings. The Labute approximate surface area is 73.0 Å². The lowest BCUT2D eigenvalue weighted by Gasteiger charge is -2.00. The molecule has 0 amide bonds. The van der Waals surface area contributed by atoms with Gasteiger partial charge in [0.2, 0.25) is 0 Å². The zero-order valence-corrected chi connectivity index (χ0v) is 7.92. The number of rotatable bonds is 3. The van der Waals surface area contributed by atoms with Crippen LogP contribution >= 0.6 is 0 Å². The first-order chi connectivity index (χ1) is 5.65. The molecule has 0 bridgehead atoms. The molecule has 0 unspecified atom stereocenters. The summed E-state index contributed by atoms with van der Waals surface area (Å²) in [6.07, 6.45) is 1.99. The molecule has 0 fully saturated rings. The standard InChI is InChI=1S/C9H16N2O/c1-4-5-7-8(6(2)3)11-9(10)12-7/h6H,4-5H2,1-3H3,(H2,10,11). The Balaban J connectivity index is 2.92. The van der Waals surface area contributed by atoms with Gasteiger partial charge in [-0.25, -0.2) is 0 Å². The highest BCUT2D eigenvalue weighted by atomic mass is 16.4. The predicted octanol–water partition coefficient (Wildman–Crippen LogP) is 2.33. The van der Waals surface area contributed by atoms with Crippen LogP contribution in [0.4, 0.5) is 6.01 Å². The molecular weight excluding hydrogens is 152 g/mol. The molecule has 3 nitrogen and oxygen atoms in total. The number of hydrogen-bond donors (Lipinski definition) is 1. The normalized spacial score (nSPS) is 11.0. The third-order valence-electron chi connectivity index (χ3n) is 1.77. The molecule has 0 radical (unpaired) electrons. The van der Waals surface area contributed by atoms with Gasteiger partial charge in [-0.1, -0.05) is 20.8 Å². The molecule has 0 spiro atoms. The quantitative estimate of drug-likeness (QED) is 0.753. The number of aryl methyl sites for hydroxylation is 1. The van der Waals surface area contributed by atoms with Crippen LogP contribution in [0.3, 0.4) is 0 Å². The van der Waals surface area contributed by atoms with E-state index >= 15 is 0 Å². The predicted molar refractivity (Wildman–Crippen MR) is 49.0 cm³/mol. The van der Waals surface area contributed by atoms with Crippen molar-refractivity contribution in [3.05, 3.63) is 11.5 Å². The number of oxazole rings is 1. The van der Waals surface area contributed by atoms with E-state index in [1.165, 1.54) is 0 Å². The van der Waals surface area contributed by atoms with Crippen LogP contribution in [-0.4, -0.2) is 4.98 Å². The molecular formula is C9H16N2O. The van der Waals surface area contributed by atoms with Gasteiger partial charge in [0, 0.05) is 6.42 Å². The van der Waals surface area contributed by atoms with Crippen molar-refractivity contribution in [3.63, 3.8) is 0 Å². The van der Waals surface area contributed by atoms with Crippen molar-refractivity contribution in [1.82, 2.24) is 4.98 Å². The van der Waals surface area contributed by atoms with Crippen LogP contribution in [-0.2, 0) is 6.42 Å². The van der Waals surface area contributed by atoms with Crippen LogP contribution in [0.15, 0.2) is 4.42 Å². The summed E-state index contributed by atoms with van der Waals surface area (Å²) in [4.78, 5) is 4.14. The lowest BCUT2D eigenvalue weighted by atomic mass is 10.1. The first-order valence-corrected chi connectivity index (χ1v) is 4.40. The van der Waals surface area contributed by atoms with E-state index in [2.05, 4.69) is 25.8 Å². The van der Waals surface area contributed by atoms with E-state index in [-0.39, 0.29) is 0 Å². The summed E-state index contributed by atoms with van der Waals surface area (Å²) in [6, 6.07) is 0.294. The fourth-order valence-corrected chi connectivity index (χ4v) is 1.24. The average molecular weight is 168 g/mol. The molecule has 0 saturated heterocycles. The Morgan fingerprint density at radius 3 is 2.67 bits per heavy atom. The highest BCUT2D eigenvalue weighted by Gasteiger charge is 2.13. The Morgan fingerprint density at radius 1 is 1.50 bits per heavy atom. The number of nitrogens with zero attached hydrogens (tertiary/aromatic N) is 1. The van der Waals surface area contributed by atoms with Crippen LogP contribution in [0.2, 0.25) is 0 Å². The number of nitrogen functional groups attached to an aromatic ring is 1. The van der Waals surface area contributed by atoms with E-state index in [0.29, 0.717) is 11.9 Å². The Bertz CT molecular complexity index is 253. The van der Waals surface area contributed by atoms with Gasteiger partial charge in [-0.2, -0.15) is 4.98 Å². The van der Waals surface area contributed by atoms with Crippen molar-refractivity contribution in [2.45, 2.75) is 39.5 Å². The summed E-state index contributed by atoms with van der Waals surface area (Å²) in [6.45, 7) is 6.30. The monoisotopic (exact) mass is 168 g/mol. The maximum Gasteiger partial charge on any atom is 0.292 e. The van der Waals surface area contributed by atoms with E-state index in [1.807, 2.05) is 0 Å². The summed E-state index contributed by atoms with van der Waals surface area (Å²) in [5.41, 5.74) is 6.48. The highest BCUT2D eigenvalue weighted by molar-refractivity contribution is 5.22. The second-order valence-electron chi connectivity index (χ2n) is 3.27. The van der Waals surface area contributed by atoms with Gasteiger partial charge in [0.05, 0.1) is 5.69 Å². The van der Waals surface area contributed by atoms with Crippen molar-refractivity contribution in [2.24, 2.45) is 0 Å². The molecule has 1 aromatic heterocycles. The summed E-state index contributed by atoms with van der Waals surface area (Å²) in [5.74, 6) is 1.34.